The van der Waals surface area contributed by atoms with Crippen molar-refractivity contribution in [3.05, 3.63) is 35.9 Å². The van der Waals surface area contributed by atoms with E-state index < -0.39 is 68.0 Å². The first-order valence-corrected chi connectivity index (χ1v) is 21.6. The lowest BCUT2D eigenvalue weighted by molar-refractivity contribution is -0.142. The van der Waals surface area contributed by atoms with Gasteiger partial charge in [-0.1, -0.05) is 25.0 Å². The van der Waals surface area contributed by atoms with Crippen molar-refractivity contribution in [3.8, 4) is 17.4 Å². The number of ether oxygens (including phenoxy) is 3. The van der Waals surface area contributed by atoms with E-state index in [2.05, 4.69) is 20.3 Å². The van der Waals surface area contributed by atoms with E-state index in [1.54, 1.807) is 27.1 Å². The van der Waals surface area contributed by atoms with Crippen LogP contribution in [0.25, 0.3) is 10.9 Å². The summed E-state index contributed by atoms with van der Waals surface area (Å²) in [5.74, 6) is -1.72. The van der Waals surface area contributed by atoms with Crippen molar-refractivity contribution in [1.29, 1.82) is 5.41 Å². The van der Waals surface area contributed by atoms with Crippen LogP contribution in [-0.4, -0.2) is 109 Å². The molecular formula is C41H53N7O9S. The Labute approximate surface area is 338 Å². The maximum absolute atomic E-state index is 14.7. The largest absolute Gasteiger partial charge is 0.496 e. The molecule has 16 nitrogen and oxygen atoms in total. The lowest BCUT2D eigenvalue weighted by Crippen LogP contribution is -2.58. The highest BCUT2D eigenvalue weighted by molar-refractivity contribution is 7.91. The third kappa shape index (κ3) is 8.54. The maximum Gasteiger partial charge on any atom is 0.265 e. The van der Waals surface area contributed by atoms with E-state index in [1.807, 2.05) is 31.2 Å². The highest BCUT2D eigenvalue weighted by Gasteiger charge is 2.63. The zero-order valence-corrected chi connectivity index (χ0v) is 34.3. The van der Waals surface area contributed by atoms with Gasteiger partial charge in [0.05, 0.1) is 23.9 Å². The Kier molecular flexibility index (Phi) is 11.6. The van der Waals surface area contributed by atoms with E-state index in [-0.39, 0.29) is 44.0 Å². The molecule has 58 heavy (non-hydrogen) atoms. The van der Waals surface area contributed by atoms with Crippen molar-refractivity contribution in [2.24, 2.45) is 10.9 Å². The molecule has 0 bridgehead atoms. The molecule has 1 aromatic carbocycles. The summed E-state index contributed by atoms with van der Waals surface area (Å²) in [6.07, 6.45) is 10.4. The number of pyridine rings is 1. The third-order valence-electron chi connectivity index (χ3n) is 12.0. The number of amides is 4. The Balaban J connectivity index is 1.22. The summed E-state index contributed by atoms with van der Waals surface area (Å²) in [5, 5.41) is 14.6. The summed E-state index contributed by atoms with van der Waals surface area (Å²) in [5.41, 5.74) is -0.414. The predicted molar refractivity (Wildman–Crippen MR) is 216 cm³/mol. The quantitative estimate of drug-likeness (QED) is 0.181. The van der Waals surface area contributed by atoms with Gasteiger partial charge in [-0.05, 0) is 77.3 Å². The van der Waals surface area contributed by atoms with E-state index in [0.29, 0.717) is 54.0 Å². The molecule has 5 unspecified atom stereocenters. The van der Waals surface area contributed by atoms with Gasteiger partial charge >= 0.3 is 0 Å². The molecule has 3 heterocycles. The van der Waals surface area contributed by atoms with Crippen LogP contribution in [-0.2, 0) is 29.2 Å². The number of carbonyl (C=O) groups excluding carboxylic acids is 4. The molecule has 0 radical (unpaired) electrons. The normalized spacial score (nSPS) is 27.1. The summed E-state index contributed by atoms with van der Waals surface area (Å²) in [6, 6.07) is 3.14. The summed E-state index contributed by atoms with van der Waals surface area (Å²) in [4.78, 5) is 66.4. The second-order valence-corrected chi connectivity index (χ2v) is 18.6. The molecule has 5 aliphatic rings. The van der Waals surface area contributed by atoms with Gasteiger partial charge in [-0.3, -0.25) is 29.3 Å². The number of nitrogens with zero attached hydrogens (tertiary/aromatic N) is 3. The average Bonchev–Trinajstić information content (AvgIpc) is 4.15. The summed E-state index contributed by atoms with van der Waals surface area (Å²) in [7, 11) is -0.894. The molecule has 2 aliphatic heterocycles. The number of hydrogen-bond donors (Lipinski definition) is 4. The van der Waals surface area contributed by atoms with Gasteiger partial charge in [0.15, 0.2) is 0 Å². The minimum atomic E-state index is -4.01. The number of hydrogen-bond acceptors (Lipinski definition) is 12. The molecule has 7 rings (SSSR count). The van der Waals surface area contributed by atoms with Crippen LogP contribution in [0.15, 0.2) is 35.3 Å². The first-order chi connectivity index (χ1) is 27.7. The van der Waals surface area contributed by atoms with Crippen molar-refractivity contribution in [1.82, 2.24) is 25.2 Å². The number of aryl methyl sites for hydroxylation is 1. The Bertz CT molecular complexity index is 2170. The molecule has 1 saturated heterocycles. The second kappa shape index (κ2) is 16.3. The number of sulfonamides is 1. The monoisotopic (exact) mass is 819 g/mol. The van der Waals surface area contributed by atoms with Gasteiger partial charge in [0.1, 0.15) is 47.0 Å². The SMILES string of the molecule is CN=CCC(=N)C(=O)NC1CCCCCC=CC2CC2(C(=O)NS(=O)(=O)C2(C)CC2)NC(=O)C2CC(Oc3cc(OC4CC4)nc4c(C)c(OC)ccc34)CN2C1=O. The summed E-state index contributed by atoms with van der Waals surface area (Å²) in [6.45, 7) is 3.43. The molecule has 312 valence electrons. The topological polar surface area (TPSA) is 219 Å². The predicted octanol–water partition coefficient (Wildman–Crippen LogP) is 3.43. The molecular weight excluding hydrogens is 767 g/mol. The van der Waals surface area contributed by atoms with Crippen molar-refractivity contribution in [2.45, 2.75) is 125 Å². The minimum absolute atomic E-state index is 0.0158. The number of aromatic nitrogens is 1. The van der Waals surface area contributed by atoms with Crippen LogP contribution in [0, 0.1) is 18.3 Å². The standard InChI is InChI=1S/C41H53N7O9S/c1-24-32(55-4)15-14-28-33(21-34(45-35(24)28)57-26-12-13-26)56-27-20-31-37(50)46-41(39(52)47-58(53,54)40(2)17-18-40)22-25(41)10-8-6-5-7-9-11-30(38(51)48(31)23-27)44-36(49)29(42)16-19-43-3/h8,10,14-15,19,21,25-27,30-31,42H,5-7,9,11-13,16-18,20,22-23H2,1-4H3,(H,44,49)(H,46,50)(H,47,52). The van der Waals surface area contributed by atoms with Gasteiger partial charge in [0.25, 0.3) is 11.8 Å². The molecule has 4 fully saturated rings. The van der Waals surface area contributed by atoms with Crippen LogP contribution in [0.5, 0.6) is 17.4 Å². The van der Waals surface area contributed by atoms with Crippen molar-refractivity contribution < 1.29 is 41.8 Å². The van der Waals surface area contributed by atoms with Gasteiger partial charge in [-0.15, -0.1) is 0 Å². The lowest BCUT2D eigenvalue weighted by atomic mass is 10.0. The number of carbonyl (C=O) groups is 4. The number of benzene rings is 1. The zero-order chi connectivity index (χ0) is 41.4. The van der Waals surface area contributed by atoms with Crippen LogP contribution in [0.4, 0.5) is 0 Å². The summed E-state index contributed by atoms with van der Waals surface area (Å²) < 4.78 is 46.0. The molecule has 0 spiro atoms. The van der Waals surface area contributed by atoms with Crippen LogP contribution in [0.3, 0.4) is 0 Å². The van der Waals surface area contributed by atoms with Gasteiger partial charge < -0.3 is 34.7 Å². The van der Waals surface area contributed by atoms with Gasteiger partial charge in [0.2, 0.25) is 27.7 Å². The molecule has 17 heteroatoms. The molecule has 5 atom stereocenters. The Morgan fingerprint density at radius 3 is 2.59 bits per heavy atom. The fourth-order valence-corrected chi connectivity index (χ4v) is 9.05. The highest BCUT2D eigenvalue weighted by atomic mass is 32.2. The number of aliphatic imine (C=N–C) groups is 1. The number of nitrogens with one attached hydrogen (secondary N) is 4. The van der Waals surface area contributed by atoms with Gasteiger partial charge in [0, 0.05) is 49.0 Å². The van der Waals surface area contributed by atoms with Crippen LogP contribution in [0.1, 0.15) is 89.5 Å². The van der Waals surface area contributed by atoms with E-state index >= 15 is 0 Å². The molecule has 2 aromatic rings. The molecule has 3 saturated carbocycles. The van der Waals surface area contributed by atoms with Gasteiger partial charge in [-0.2, -0.15) is 0 Å². The Hall–Kier alpha value is -5.06. The van der Waals surface area contributed by atoms with E-state index in [1.165, 1.54) is 11.1 Å². The maximum atomic E-state index is 14.7. The fraction of sp³-hybridized carbons (Fsp3) is 0.585. The smallest absolute Gasteiger partial charge is 0.265 e. The Morgan fingerprint density at radius 1 is 1.10 bits per heavy atom. The second-order valence-electron chi connectivity index (χ2n) is 16.4. The average molecular weight is 820 g/mol. The van der Waals surface area contributed by atoms with E-state index in [4.69, 9.17) is 24.6 Å². The molecule has 1 aromatic heterocycles. The summed E-state index contributed by atoms with van der Waals surface area (Å²) >= 11 is 0. The number of methoxy groups -OCH3 is 1. The number of allylic oxidation sites excluding steroid dienone is 1. The molecule has 3 aliphatic carbocycles. The Morgan fingerprint density at radius 2 is 1.88 bits per heavy atom. The minimum Gasteiger partial charge on any atom is -0.496 e. The first kappa shape index (κ1) is 41.1. The molecule has 4 amide bonds. The van der Waals surface area contributed by atoms with Crippen molar-refractivity contribution in [2.75, 3.05) is 20.7 Å². The fourth-order valence-electron chi connectivity index (χ4n) is 7.74. The van der Waals surface area contributed by atoms with E-state index in [0.717, 1.165) is 31.2 Å². The van der Waals surface area contributed by atoms with Gasteiger partial charge in [-0.25, -0.2) is 13.4 Å². The number of fused-ring (bicyclic) bond motifs is 3. The first-order valence-electron chi connectivity index (χ1n) is 20.1. The number of rotatable bonds is 12. The highest BCUT2D eigenvalue weighted by Crippen LogP contribution is 2.48. The van der Waals surface area contributed by atoms with Crippen molar-refractivity contribution >= 4 is 56.5 Å². The lowest BCUT2D eigenvalue weighted by Gasteiger charge is -2.30. The van der Waals surface area contributed by atoms with Crippen LogP contribution >= 0.6 is 0 Å². The van der Waals surface area contributed by atoms with Crippen LogP contribution < -0.4 is 29.6 Å². The molecule has 4 N–H and O–H groups in total. The zero-order valence-electron chi connectivity index (χ0n) is 33.5. The van der Waals surface area contributed by atoms with Crippen LogP contribution in [0.2, 0.25) is 0 Å². The third-order valence-corrected chi connectivity index (χ3v) is 14.1. The van der Waals surface area contributed by atoms with Crippen molar-refractivity contribution in [3.63, 3.8) is 0 Å². The van der Waals surface area contributed by atoms with E-state index in [9.17, 15) is 27.6 Å².